The highest BCUT2D eigenvalue weighted by Crippen LogP contribution is 2.23. The van der Waals surface area contributed by atoms with E-state index in [0.29, 0.717) is 0 Å². The molecule has 0 saturated heterocycles. The van der Waals surface area contributed by atoms with Gasteiger partial charge in [-0.3, -0.25) is 11.3 Å². The summed E-state index contributed by atoms with van der Waals surface area (Å²) in [6.45, 7) is 2.83. The molecule has 0 saturated carbocycles. The molecule has 4 nitrogen and oxygen atoms in total. The van der Waals surface area contributed by atoms with Gasteiger partial charge in [-0.05, 0) is 24.1 Å². The summed E-state index contributed by atoms with van der Waals surface area (Å²) < 4.78 is 5.64. The Bertz CT molecular complexity index is 487. The van der Waals surface area contributed by atoms with Crippen LogP contribution in [-0.2, 0) is 6.42 Å². The number of nitrogens with one attached hydrogen (secondary N) is 1. The minimum atomic E-state index is 0.0522. The Balaban J connectivity index is 2.09. The van der Waals surface area contributed by atoms with Crippen LogP contribution in [0, 0.1) is 0 Å². The highest BCUT2D eigenvalue weighted by Gasteiger charge is 2.12. The molecule has 0 amide bonds. The van der Waals surface area contributed by atoms with E-state index < -0.39 is 0 Å². The van der Waals surface area contributed by atoms with Crippen molar-refractivity contribution in [1.29, 1.82) is 0 Å². The van der Waals surface area contributed by atoms with Crippen LogP contribution >= 0.6 is 11.3 Å². The minimum absolute atomic E-state index is 0.0522. The van der Waals surface area contributed by atoms with Crippen LogP contribution in [0.25, 0.3) is 0 Å². The highest BCUT2D eigenvalue weighted by atomic mass is 32.1. The first-order chi connectivity index (χ1) is 9.33. The molecule has 1 unspecified atom stereocenters. The lowest BCUT2D eigenvalue weighted by Gasteiger charge is -2.16. The van der Waals surface area contributed by atoms with Gasteiger partial charge in [0.15, 0.2) is 0 Å². The monoisotopic (exact) mass is 277 g/mol. The molecule has 0 bridgehead atoms. The van der Waals surface area contributed by atoms with E-state index >= 15 is 0 Å². The lowest BCUT2D eigenvalue weighted by Crippen LogP contribution is -2.29. The summed E-state index contributed by atoms with van der Waals surface area (Å²) in [5, 5.41) is 3.05. The van der Waals surface area contributed by atoms with Gasteiger partial charge in [-0.2, -0.15) is 0 Å². The number of rotatable bonds is 7. The number of hydrogen-bond donors (Lipinski definition) is 2. The molecule has 1 aromatic heterocycles. The zero-order valence-corrected chi connectivity index (χ0v) is 11.8. The van der Waals surface area contributed by atoms with Gasteiger partial charge in [0.2, 0.25) is 0 Å². The summed E-state index contributed by atoms with van der Waals surface area (Å²) in [6, 6.07) is 8.10. The summed E-state index contributed by atoms with van der Waals surface area (Å²) in [5.41, 5.74) is 3.97. The van der Waals surface area contributed by atoms with E-state index in [0.717, 1.165) is 35.8 Å². The Labute approximate surface area is 117 Å². The van der Waals surface area contributed by atoms with Crippen molar-refractivity contribution in [3.63, 3.8) is 0 Å². The van der Waals surface area contributed by atoms with E-state index in [-0.39, 0.29) is 6.04 Å². The summed E-state index contributed by atoms with van der Waals surface area (Å²) in [4.78, 5) is 4.29. The van der Waals surface area contributed by atoms with Crippen LogP contribution in [-0.4, -0.2) is 11.6 Å². The second kappa shape index (κ2) is 7.23. The number of benzene rings is 1. The van der Waals surface area contributed by atoms with Gasteiger partial charge in [0.05, 0.1) is 17.7 Å². The van der Waals surface area contributed by atoms with Crippen molar-refractivity contribution in [2.75, 3.05) is 6.61 Å². The Hall–Kier alpha value is -1.43. The molecule has 5 heteroatoms. The number of hydrogen-bond acceptors (Lipinski definition) is 5. The van der Waals surface area contributed by atoms with Gasteiger partial charge in [-0.1, -0.05) is 19.1 Å². The summed E-state index contributed by atoms with van der Waals surface area (Å²) in [5.74, 6) is 6.55. The first-order valence-electron chi connectivity index (χ1n) is 6.40. The average molecular weight is 277 g/mol. The van der Waals surface area contributed by atoms with E-state index in [9.17, 15) is 0 Å². The van der Waals surface area contributed by atoms with E-state index in [1.165, 1.54) is 0 Å². The Morgan fingerprint density at radius 1 is 1.47 bits per heavy atom. The molecule has 1 atom stereocenters. The fourth-order valence-electron chi connectivity index (χ4n) is 1.84. The molecule has 1 aromatic carbocycles. The molecule has 0 fully saturated rings. The Kier molecular flexibility index (Phi) is 5.32. The van der Waals surface area contributed by atoms with Crippen LogP contribution in [0.15, 0.2) is 35.8 Å². The van der Waals surface area contributed by atoms with E-state index in [4.69, 9.17) is 10.6 Å². The Morgan fingerprint density at radius 2 is 2.37 bits per heavy atom. The first kappa shape index (κ1) is 14.0. The van der Waals surface area contributed by atoms with Crippen LogP contribution in [0.4, 0.5) is 0 Å². The van der Waals surface area contributed by atoms with Gasteiger partial charge in [0, 0.05) is 18.0 Å². The van der Waals surface area contributed by atoms with Crippen LogP contribution < -0.4 is 16.0 Å². The predicted molar refractivity (Wildman–Crippen MR) is 78.1 cm³/mol. The standard InChI is InChI=1S/C14H19N3OS/c1-2-7-18-12-5-3-4-11(9-12)13(17-15)10-14-16-6-8-19-14/h3-6,8-9,13,17H,2,7,10,15H2,1H3. The normalized spacial score (nSPS) is 12.3. The largest absolute Gasteiger partial charge is 0.494 e. The molecule has 102 valence electrons. The molecule has 3 N–H and O–H groups in total. The first-order valence-corrected chi connectivity index (χ1v) is 7.28. The zero-order valence-electron chi connectivity index (χ0n) is 11.0. The van der Waals surface area contributed by atoms with Crippen molar-refractivity contribution in [3.8, 4) is 5.75 Å². The van der Waals surface area contributed by atoms with Crippen LogP contribution in [0.2, 0.25) is 0 Å². The summed E-state index contributed by atoms with van der Waals surface area (Å²) in [7, 11) is 0. The van der Waals surface area contributed by atoms with Crippen LogP contribution in [0.1, 0.15) is 30.0 Å². The number of hydrazine groups is 1. The van der Waals surface area contributed by atoms with Gasteiger partial charge in [0.1, 0.15) is 5.75 Å². The molecule has 1 heterocycles. The quantitative estimate of drug-likeness (QED) is 0.603. The fraction of sp³-hybridized carbons (Fsp3) is 0.357. The van der Waals surface area contributed by atoms with Crippen molar-refractivity contribution in [2.24, 2.45) is 5.84 Å². The predicted octanol–water partition coefficient (Wildman–Crippen LogP) is 2.68. The van der Waals surface area contributed by atoms with Gasteiger partial charge in [-0.15, -0.1) is 11.3 Å². The molecule has 19 heavy (non-hydrogen) atoms. The molecule has 0 aliphatic heterocycles. The summed E-state index contributed by atoms with van der Waals surface area (Å²) in [6.07, 6.45) is 3.60. The maximum Gasteiger partial charge on any atom is 0.119 e. The number of ether oxygens (including phenoxy) is 1. The van der Waals surface area contributed by atoms with Crippen molar-refractivity contribution in [2.45, 2.75) is 25.8 Å². The lowest BCUT2D eigenvalue weighted by molar-refractivity contribution is 0.316. The second-order valence-electron chi connectivity index (χ2n) is 4.27. The third-order valence-corrected chi connectivity index (χ3v) is 3.60. The fourth-order valence-corrected chi connectivity index (χ4v) is 2.51. The van der Waals surface area contributed by atoms with Gasteiger partial charge >= 0.3 is 0 Å². The molecular formula is C14H19N3OS. The minimum Gasteiger partial charge on any atom is -0.494 e. The molecule has 2 aromatic rings. The van der Waals surface area contributed by atoms with Crippen molar-refractivity contribution in [1.82, 2.24) is 10.4 Å². The zero-order chi connectivity index (χ0) is 13.5. The summed E-state index contributed by atoms with van der Waals surface area (Å²) >= 11 is 1.64. The van der Waals surface area contributed by atoms with Crippen molar-refractivity contribution < 1.29 is 4.74 Å². The smallest absolute Gasteiger partial charge is 0.119 e. The maximum atomic E-state index is 5.66. The third kappa shape index (κ3) is 4.02. The van der Waals surface area contributed by atoms with E-state index in [2.05, 4.69) is 23.4 Å². The van der Waals surface area contributed by atoms with E-state index in [1.807, 2.05) is 29.8 Å². The molecule has 0 aliphatic rings. The number of nitrogens with zero attached hydrogens (tertiary/aromatic N) is 1. The average Bonchev–Trinajstić information content (AvgIpc) is 2.96. The molecule has 2 rings (SSSR count). The van der Waals surface area contributed by atoms with Gasteiger partial charge in [0.25, 0.3) is 0 Å². The molecule has 0 spiro atoms. The molecule has 0 radical (unpaired) electrons. The van der Waals surface area contributed by atoms with Gasteiger partial charge in [-0.25, -0.2) is 4.98 Å². The topological polar surface area (TPSA) is 60.2 Å². The van der Waals surface area contributed by atoms with Gasteiger partial charge < -0.3 is 4.74 Å². The SMILES string of the molecule is CCCOc1cccc(C(Cc2nccs2)NN)c1. The molecule has 0 aliphatic carbocycles. The molecular weight excluding hydrogens is 258 g/mol. The van der Waals surface area contributed by atoms with Crippen LogP contribution in [0.5, 0.6) is 5.75 Å². The van der Waals surface area contributed by atoms with Crippen molar-refractivity contribution >= 4 is 11.3 Å². The second-order valence-corrected chi connectivity index (χ2v) is 5.25. The Morgan fingerprint density at radius 3 is 3.05 bits per heavy atom. The number of nitrogens with two attached hydrogens (primary N) is 1. The van der Waals surface area contributed by atoms with Crippen LogP contribution in [0.3, 0.4) is 0 Å². The lowest BCUT2D eigenvalue weighted by atomic mass is 10.0. The number of thiazole rings is 1. The highest BCUT2D eigenvalue weighted by molar-refractivity contribution is 7.09. The maximum absolute atomic E-state index is 5.66. The third-order valence-electron chi connectivity index (χ3n) is 2.80. The van der Waals surface area contributed by atoms with Crippen molar-refractivity contribution in [3.05, 3.63) is 46.4 Å². The number of aromatic nitrogens is 1. The van der Waals surface area contributed by atoms with E-state index in [1.54, 1.807) is 11.3 Å².